The number of fused-ring (bicyclic) bond motifs is 1. The van der Waals surface area contributed by atoms with Gasteiger partial charge in [-0.1, -0.05) is 54.1 Å². The number of Topliss-reactive ketones (excluding diaryl/α,β-unsaturated/α-hetero) is 2. The van der Waals surface area contributed by atoms with Gasteiger partial charge in [-0.05, 0) is 42.7 Å². The summed E-state index contributed by atoms with van der Waals surface area (Å²) in [6, 6.07) is 19.7. The average Bonchev–Trinajstić information content (AvgIpc) is 3.04. The Kier molecular flexibility index (Phi) is 5.24. The second-order valence-electron chi connectivity index (χ2n) is 8.83. The lowest BCUT2D eigenvalue weighted by molar-refractivity contribution is 0.0277. The summed E-state index contributed by atoms with van der Waals surface area (Å²) in [5.41, 5.74) is 3.79. The highest BCUT2D eigenvalue weighted by molar-refractivity contribution is 6.32. The topological polar surface area (TPSA) is 53.5 Å². The molecule has 0 amide bonds. The summed E-state index contributed by atoms with van der Waals surface area (Å²) in [4.78, 5) is 36.4. The average molecular weight is 426 g/mol. The first-order chi connectivity index (χ1) is 15.5. The molecule has 0 N–H and O–H groups in total. The van der Waals surface area contributed by atoms with Crippen LogP contribution >= 0.6 is 0 Å². The summed E-state index contributed by atoms with van der Waals surface area (Å²) < 4.78 is 0. The van der Waals surface area contributed by atoms with E-state index >= 15 is 0 Å². The molecule has 2 aromatic carbocycles. The summed E-state index contributed by atoms with van der Waals surface area (Å²) >= 11 is 0. The summed E-state index contributed by atoms with van der Waals surface area (Å²) in [6.07, 6.45) is 1.59. The highest BCUT2D eigenvalue weighted by Gasteiger charge is 2.59. The van der Waals surface area contributed by atoms with Crippen molar-refractivity contribution in [3.63, 3.8) is 0 Å². The van der Waals surface area contributed by atoms with Gasteiger partial charge in [-0.2, -0.15) is 0 Å². The van der Waals surface area contributed by atoms with Crippen LogP contribution in [0.2, 0.25) is 0 Å². The molecule has 5 heteroatoms. The van der Waals surface area contributed by atoms with E-state index in [1.807, 2.05) is 31.2 Å². The largest absolute Gasteiger partial charge is 0.297 e. The molecule has 0 bridgehead atoms. The standard InChI is InChI=1S/C27H27N3O2/c1-19-7-5-10-22(17-19)27(25(31)23-11-6-12-28-24(23)26(27)32)30-15-13-29(14-16-30)18-21-9-4-3-8-20(21)2/h3-12,17H,13-16,18H2,1-2H3. The lowest BCUT2D eigenvalue weighted by Gasteiger charge is -2.44. The summed E-state index contributed by atoms with van der Waals surface area (Å²) in [7, 11) is 0. The summed E-state index contributed by atoms with van der Waals surface area (Å²) in [5, 5.41) is 0. The molecule has 32 heavy (non-hydrogen) atoms. The van der Waals surface area contributed by atoms with Crippen LogP contribution in [0.1, 0.15) is 43.1 Å². The molecule has 0 radical (unpaired) electrons. The molecule has 2 aliphatic rings. The first kappa shape index (κ1) is 20.7. The van der Waals surface area contributed by atoms with Gasteiger partial charge in [-0.25, -0.2) is 0 Å². The number of pyridine rings is 1. The lowest BCUT2D eigenvalue weighted by Crippen LogP contribution is -2.60. The Morgan fingerprint density at radius 3 is 2.38 bits per heavy atom. The van der Waals surface area contributed by atoms with Gasteiger partial charge in [0.15, 0.2) is 11.3 Å². The second-order valence-corrected chi connectivity index (χ2v) is 8.83. The van der Waals surface area contributed by atoms with Crippen LogP contribution in [-0.2, 0) is 12.1 Å². The van der Waals surface area contributed by atoms with Gasteiger partial charge in [0, 0.05) is 44.5 Å². The van der Waals surface area contributed by atoms with Gasteiger partial charge in [-0.3, -0.25) is 24.4 Å². The minimum atomic E-state index is -1.32. The second kappa shape index (κ2) is 8.08. The van der Waals surface area contributed by atoms with Crippen molar-refractivity contribution in [1.82, 2.24) is 14.8 Å². The Balaban J connectivity index is 1.48. The first-order valence-corrected chi connectivity index (χ1v) is 11.2. The molecule has 1 fully saturated rings. The predicted molar refractivity (Wildman–Crippen MR) is 124 cm³/mol. The van der Waals surface area contributed by atoms with E-state index in [-0.39, 0.29) is 11.6 Å². The zero-order valence-electron chi connectivity index (χ0n) is 18.5. The molecule has 1 unspecified atom stereocenters. The number of ketones is 2. The fourth-order valence-corrected chi connectivity index (χ4v) is 5.11. The van der Waals surface area contributed by atoms with Crippen molar-refractivity contribution in [2.45, 2.75) is 25.9 Å². The van der Waals surface area contributed by atoms with Crippen molar-refractivity contribution < 1.29 is 9.59 Å². The zero-order valence-corrected chi connectivity index (χ0v) is 18.5. The van der Waals surface area contributed by atoms with Crippen LogP contribution in [0.25, 0.3) is 0 Å². The Labute approximate surface area is 188 Å². The van der Waals surface area contributed by atoms with E-state index in [1.54, 1.807) is 18.3 Å². The minimum absolute atomic E-state index is 0.149. The van der Waals surface area contributed by atoms with Gasteiger partial charge in [0.2, 0.25) is 5.78 Å². The molecule has 1 aliphatic carbocycles. The number of hydrogen-bond acceptors (Lipinski definition) is 5. The molecule has 5 rings (SSSR count). The molecule has 0 spiro atoms. The van der Waals surface area contributed by atoms with E-state index < -0.39 is 5.54 Å². The Morgan fingerprint density at radius 2 is 1.66 bits per heavy atom. The summed E-state index contributed by atoms with van der Waals surface area (Å²) in [6.45, 7) is 7.89. The van der Waals surface area contributed by atoms with Crippen molar-refractivity contribution >= 4 is 11.6 Å². The molecule has 1 aromatic heterocycles. The number of carbonyl (C=O) groups excluding carboxylic acids is 2. The molecule has 5 nitrogen and oxygen atoms in total. The van der Waals surface area contributed by atoms with E-state index in [2.05, 4.69) is 46.0 Å². The predicted octanol–water partition coefficient (Wildman–Crippen LogP) is 3.79. The van der Waals surface area contributed by atoms with Crippen LogP contribution in [-0.4, -0.2) is 52.5 Å². The van der Waals surface area contributed by atoms with Gasteiger partial charge >= 0.3 is 0 Å². The SMILES string of the molecule is Cc1cccc(C2(N3CCN(Cc4ccccc4C)CC3)C(=O)c3cccnc3C2=O)c1. The van der Waals surface area contributed by atoms with Crippen molar-refractivity contribution in [1.29, 1.82) is 0 Å². The number of nitrogens with zero attached hydrogens (tertiary/aromatic N) is 3. The molecule has 3 aromatic rings. The molecule has 162 valence electrons. The fourth-order valence-electron chi connectivity index (χ4n) is 5.11. The number of benzene rings is 2. The number of hydrogen-bond donors (Lipinski definition) is 0. The lowest BCUT2D eigenvalue weighted by atomic mass is 9.82. The quantitative estimate of drug-likeness (QED) is 0.596. The van der Waals surface area contributed by atoms with Crippen LogP contribution in [0, 0.1) is 13.8 Å². The number of rotatable bonds is 4. The molecule has 1 atom stereocenters. The normalized spacial score (nSPS) is 21.7. The molecule has 1 saturated heterocycles. The number of piperazine rings is 1. The monoisotopic (exact) mass is 425 g/mol. The van der Waals surface area contributed by atoms with Gasteiger partial charge in [-0.15, -0.1) is 0 Å². The molecule has 2 heterocycles. The van der Waals surface area contributed by atoms with Crippen molar-refractivity contribution in [2.75, 3.05) is 26.2 Å². The van der Waals surface area contributed by atoms with Crippen LogP contribution in [0.3, 0.4) is 0 Å². The van der Waals surface area contributed by atoms with Gasteiger partial charge in [0.25, 0.3) is 0 Å². The highest BCUT2D eigenvalue weighted by atomic mass is 16.2. The Hall–Kier alpha value is -3.15. The smallest absolute Gasteiger partial charge is 0.214 e. The van der Waals surface area contributed by atoms with E-state index in [0.29, 0.717) is 24.3 Å². The molecule has 1 aliphatic heterocycles. The number of aryl methyl sites for hydroxylation is 2. The maximum Gasteiger partial charge on any atom is 0.214 e. The van der Waals surface area contributed by atoms with Crippen LogP contribution in [0.5, 0.6) is 0 Å². The van der Waals surface area contributed by atoms with E-state index in [9.17, 15) is 9.59 Å². The van der Waals surface area contributed by atoms with Crippen molar-refractivity contribution in [2.24, 2.45) is 0 Å². The number of carbonyl (C=O) groups is 2. The first-order valence-electron chi connectivity index (χ1n) is 11.2. The zero-order chi connectivity index (χ0) is 22.3. The third-order valence-corrected chi connectivity index (χ3v) is 6.86. The molecule has 0 saturated carbocycles. The maximum atomic E-state index is 13.8. The molecular weight excluding hydrogens is 398 g/mol. The van der Waals surface area contributed by atoms with E-state index in [4.69, 9.17) is 0 Å². The third-order valence-electron chi connectivity index (χ3n) is 6.86. The van der Waals surface area contributed by atoms with E-state index in [0.717, 1.165) is 30.8 Å². The minimum Gasteiger partial charge on any atom is -0.297 e. The van der Waals surface area contributed by atoms with Gasteiger partial charge in [0.1, 0.15) is 5.69 Å². The van der Waals surface area contributed by atoms with Crippen molar-refractivity contribution in [3.8, 4) is 0 Å². The fraction of sp³-hybridized carbons (Fsp3) is 0.296. The van der Waals surface area contributed by atoms with Crippen LogP contribution in [0.15, 0.2) is 66.9 Å². The Morgan fingerprint density at radius 1 is 0.875 bits per heavy atom. The number of aromatic nitrogens is 1. The van der Waals surface area contributed by atoms with E-state index in [1.165, 1.54) is 11.1 Å². The maximum absolute atomic E-state index is 13.8. The van der Waals surface area contributed by atoms with Crippen LogP contribution in [0.4, 0.5) is 0 Å². The Bertz CT molecular complexity index is 1160. The van der Waals surface area contributed by atoms with Crippen molar-refractivity contribution in [3.05, 3.63) is 100 Å². The van der Waals surface area contributed by atoms with Gasteiger partial charge in [0.05, 0.1) is 0 Å². The van der Waals surface area contributed by atoms with Crippen LogP contribution < -0.4 is 0 Å². The molecular formula is C27H27N3O2. The third kappa shape index (κ3) is 3.20. The summed E-state index contributed by atoms with van der Waals surface area (Å²) in [5.74, 6) is -0.348. The highest BCUT2D eigenvalue weighted by Crippen LogP contribution is 2.42. The van der Waals surface area contributed by atoms with Gasteiger partial charge < -0.3 is 0 Å².